The summed E-state index contributed by atoms with van der Waals surface area (Å²) in [6, 6.07) is 5.62. The van der Waals surface area contributed by atoms with Crippen LogP contribution in [-0.2, 0) is 14.4 Å². The van der Waals surface area contributed by atoms with Crippen LogP contribution in [-0.4, -0.2) is 53.9 Å². The molecular formula is C20H26FN3O4. The fraction of sp³-hybridized carbons (Fsp3) is 0.550. The fourth-order valence-corrected chi connectivity index (χ4v) is 4.05. The Morgan fingerprint density at radius 3 is 2.43 bits per heavy atom. The van der Waals surface area contributed by atoms with E-state index in [1.54, 1.807) is 4.90 Å². The van der Waals surface area contributed by atoms with Crippen molar-refractivity contribution in [3.8, 4) is 5.75 Å². The van der Waals surface area contributed by atoms with E-state index < -0.39 is 11.6 Å². The van der Waals surface area contributed by atoms with Gasteiger partial charge in [-0.3, -0.25) is 14.4 Å². The zero-order chi connectivity index (χ0) is 20.1. The molecule has 1 saturated heterocycles. The van der Waals surface area contributed by atoms with E-state index in [1.807, 2.05) is 0 Å². The molecule has 2 aliphatic rings. The molecule has 152 valence electrons. The number of carbonyl (C=O) groups is 3. The summed E-state index contributed by atoms with van der Waals surface area (Å²) < 4.78 is 19.0. The van der Waals surface area contributed by atoms with Crippen LogP contribution in [0.25, 0.3) is 0 Å². The van der Waals surface area contributed by atoms with Gasteiger partial charge in [0, 0.05) is 20.0 Å². The zero-order valence-corrected chi connectivity index (χ0v) is 16.0. The molecule has 1 aliphatic heterocycles. The molecule has 1 unspecified atom stereocenters. The Morgan fingerprint density at radius 2 is 1.79 bits per heavy atom. The normalized spacial score (nSPS) is 20.4. The van der Waals surface area contributed by atoms with Crippen molar-refractivity contribution >= 4 is 17.7 Å². The highest BCUT2D eigenvalue weighted by Crippen LogP contribution is 2.45. The number of β-lactam (4-membered cyclic amide) rings is 1. The topological polar surface area (TPSA) is 87.7 Å². The predicted octanol–water partition coefficient (Wildman–Crippen LogP) is 1.37. The zero-order valence-electron chi connectivity index (χ0n) is 16.0. The molecular weight excluding hydrogens is 365 g/mol. The smallest absolute Gasteiger partial charge is 0.267 e. The van der Waals surface area contributed by atoms with Crippen LogP contribution in [0.3, 0.4) is 0 Å². The van der Waals surface area contributed by atoms with Crippen LogP contribution >= 0.6 is 0 Å². The lowest BCUT2D eigenvalue weighted by atomic mass is 9.70. The lowest BCUT2D eigenvalue weighted by Gasteiger charge is -2.58. The fourth-order valence-electron chi connectivity index (χ4n) is 4.05. The molecule has 0 aromatic heterocycles. The van der Waals surface area contributed by atoms with Crippen molar-refractivity contribution in [3.05, 3.63) is 30.1 Å². The van der Waals surface area contributed by atoms with Crippen molar-refractivity contribution in [2.45, 2.75) is 50.7 Å². The molecule has 1 aliphatic carbocycles. The van der Waals surface area contributed by atoms with Gasteiger partial charge in [-0.05, 0) is 37.1 Å². The third-order valence-corrected chi connectivity index (χ3v) is 5.43. The molecule has 3 rings (SSSR count). The minimum Gasteiger partial charge on any atom is -0.478 e. The number of benzene rings is 1. The Hall–Kier alpha value is -2.64. The van der Waals surface area contributed by atoms with Crippen LogP contribution < -0.4 is 15.4 Å². The lowest BCUT2D eigenvalue weighted by Crippen LogP contribution is -2.77. The first-order chi connectivity index (χ1) is 13.4. The molecule has 1 aromatic carbocycles. The predicted molar refractivity (Wildman–Crippen MR) is 100 cm³/mol. The first-order valence-corrected chi connectivity index (χ1v) is 9.67. The largest absolute Gasteiger partial charge is 0.478 e. The van der Waals surface area contributed by atoms with Crippen molar-refractivity contribution < 1.29 is 23.5 Å². The number of carbonyl (C=O) groups excluding carboxylic acids is 3. The number of hydrogen-bond donors (Lipinski definition) is 2. The first-order valence-electron chi connectivity index (χ1n) is 9.67. The SMILES string of the molecule is CC(=O)NCCNC(=O)CN1C(=O)C(Oc2ccc(F)cc2)C12CCCCC2. The summed E-state index contributed by atoms with van der Waals surface area (Å²) >= 11 is 0. The summed E-state index contributed by atoms with van der Waals surface area (Å²) in [5, 5.41) is 5.33. The highest BCUT2D eigenvalue weighted by atomic mass is 19.1. The number of ether oxygens (including phenoxy) is 1. The molecule has 1 spiro atoms. The summed E-state index contributed by atoms with van der Waals surface area (Å²) in [5.74, 6) is -0.553. The average Bonchev–Trinajstić information content (AvgIpc) is 2.69. The third-order valence-electron chi connectivity index (χ3n) is 5.43. The molecule has 0 bridgehead atoms. The molecule has 1 atom stereocenters. The number of amides is 3. The maximum Gasteiger partial charge on any atom is 0.267 e. The van der Waals surface area contributed by atoms with Gasteiger partial charge in [0.15, 0.2) is 6.10 Å². The van der Waals surface area contributed by atoms with Crippen LogP contribution in [0.15, 0.2) is 24.3 Å². The Labute approximate surface area is 163 Å². The van der Waals surface area contributed by atoms with Crippen LogP contribution in [0.1, 0.15) is 39.0 Å². The highest BCUT2D eigenvalue weighted by Gasteiger charge is 2.62. The number of halogens is 1. The van der Waals surface area contributed by atoms with Crippen molar-refractivity contribution in [1.82, 2.24) is 15.5 Å². The second-order valence-corrected chi connectivity index (χ2v) is 7.37. The molecule has 3 amide bonds. The van der Waals surface area contributed by atoms with E-state index in [0.29, 0.717) is 18.8 Å². The Kier molecular flexibility index (Phi) is 6.16. The summed E-state index contributed by atoms with van der Waals surface area (Å²) in [6.45, 7) is 2.04. The molecule has 1 saturated carbocycles. The second-order valence-electron chi connectivity index (χ2n) is 7.37. The van der Waals surface area contributed by atoms with Gasteiger partial charge in [0.25, 0.3) is 5.91 Å². The quantitative estimate of drug-likeness (QED) is 0.543. The van der Waals surface area contributed by atoms with Gasteiger partial charge in [0.1, 0.15) is 18.1 Å². The Morgan fingerprint density at radius 1 is 1.14 bits per heavy atom. The number of hydrogen-bond acceptors (Lipinski definition) is 4. The van der Waals surface area contributed by atoms with Gasteiger partial charge in [-0.2, -0.15) is 0 Å². The lowest BCUT2D eigenvalue weighted by molar-refractivity contribution is -0.187. The number of rotatable bonds is 7. The maximum absolute atomic E-state index is 13.1. The summed E-state index contributed by atoms with van der Waals surface area (Å²) in [7, 11) is 0. The summed E-state index contributed by atoms with van der Waals surface area (Å²) in [6.07, 6.45) is 3.95. The molecule has 7 nitrogen and oxygen atoms in total. The molecule has 2 N–H and O–H groups in total. The van der Waals surface area contributed by atoms with Gasteiger partial charge in [-0.15, -0.1) is 0 Å². The monoisotopic (exact) mass is 391 g/mol. The van der Waals surface area contributed by atoms with Gasteiger partial charge in [-0.25, -0.2) is 4.39 Å². The maximum atomic E-state index is 13.1. The number of nitrogens with one attached hydrogen (secondary N) is 2. The molecule has 0 radical (unpaired) electrons. The van der Waals surface area contributed by atoms with E-state index in [9.17, 15) is 18.8 Å². The summed E-state index contributed by atoms with van der Waals surface area (Å²) in [5.41, 5.74) is -0.487. The van der Waals surface area contributed by atoms with E-state index >= 15 is 0 Å². The van der Waals surface area contributed by atoms with Crippen molar-refractivity contribution in [2.75, 3.05) is 19.6 Å². The third kappa shape index (κ3) is 4.26. The number of nitrogens with zero attached hydrogens (tertiary/aromatic N) is 1. The van der Waals surface area contributed by atoms with Gasteiger partial charge in [0.2, 0.25) is 11.8 Å². The van der Waals surface area contributed by atoms with Crippen molar-refractivity contribution in [1.29, 1.82) is 0 Å². The van der Waals surface area contributed by atoms with E-state index in [-0.39, 0.29) is 30.1 Å². The summed E-state index contributed by atoms with van der Waals surface area (Å²) in [4.78, 5) is 37.5. The minimum absolute atomic E-state index is 0.0256. The van der Waals surface area contributed by atoms with Crippen LogP contribution in [0.5, 0.6) is 5.75 Å². The van der Waals surface area contributed by atoms with E-state index in [2.05, 4.69) is 10.6 Å². The van der Waals surface area contributed by atoms with Gasteiger partial charge in [-0.1, -0.05) is 19.3 Å². The van der Waals surface area contributed by atoms with Gasteiger partial charge in [0.05, 0.1) is 5.54 Å². The minimum atomic E-state index is -0.648. The van der Waals surface area contributed by atoms with Crippen LogP contribution in [0.4, 0.5) is 4.39 Å². The van der Waals surface area contributed by atoms with Crippen molar-refractivity contribution in [2.24, 2.45) is 0 Å². The highest BCUT2D eigenvalue weighted by molar-refractivity contribution is 5.94. The average molecular weight is 391 g/mol. The Bertz CT molecular complexity index is 731. The molecule has 2 fully saturated rings. The molecule has 1 heterocycles. The Balaban J connectivity index is 1.62. The van der Waals surface area contributed by atoms with Crippen molar-refractivity contribution in [3.63, 3.8) is 0 Å². The van der Waals surface area contributed by atoms with E-state index in [4.69, 9.17) is 4.74 Å². The standard InChI is InChI=1S/C20H26FN3O4/c1-14(25)22-11-12-23-17(26)13-24-19(27)18(20(24)9-3-2-4-10-20)28-16-7-5-15(21)6-8-16/h5-8,18H,2-4,9-13H2,1H3,(H,22,25)(H,23,26). The molecule has 1 aromatic rings. The number of likely N-dealkylation sites (tertiary alicyclic amines) is 1. The van der Waals surface area contributed by atoms with E-state index in [0.717, 1.165) is 32.1 Å². The molecule has 28 heavy (non-hydrogen) atoms. The van der Waals surface area contributed by atoms with Crippen LogP contribution in [0.2, 0.25) is 0 Å². The van der Waals surface area contributed by atoms with Crippen LogP contribution in [0, 0.1) is 5.82 Å². The first kappa shape index (κ1) is 20.1. The van der Waals surface area contributed by atoms with Gasteiger partial charge < -0.3 is 20.3 Å². The van der Waals surface area contributed by atoms with E-state index in [1.165, 1.54) is 31.2 Å². The molecule has 8 heteroatoms. The van der Waals surface area contributed by atoms with Gasteiger partial charge >= 0.3 is 0 Å². The second kappa shape index (κ2) is 8.58.